The second-order valence-corrected chi connectivity index (χ2v) is 7.52. The maximum atomic E-state index is 14.0. The molecule has 1 aromatic heterocycles. The van der Waals surface area contributed by atoms with Crippen molar-refractivity contribution in [1.29, 1.82) is 0 Å². The number of carbonyl (C=O) groups is 1. The van der Waals surface area contributed by atoms with Crippen LogP contribution in [0.15, 0.2) is 42.6 Å². The zero-order valence-electron chi connectivity index (χ0n) is 17.4. The van der Waals surface area contributed by atoms with E-state index in [0.717, 1.165) is 25.2 Å². The van der Waals surface area contributed by atoms with Crippen molar-refractivity contribution in [3.05, 3.63) is 65.0 Å². The van der Waals surface area contributed by atoms with E-state index in [1.807, 2.05) is 0 Å². The van der Waals surface area contributed by atoms with Gasteiger partial charge in [0.25, 0.3) is 0 Å². The van der Waals surface area contributed by atoms with Gasteiger partial charge in [-0.15, -0.1) is 0 Å². The summed E-state index contributed by atoms with van der Waals surface area (Å²) in [6.07, 6.45) is -3.86. The minimum Gasteiger partial charge on any atom is -0.493 e. The zero-order valence-corrected chi connectivity index (χ0v) is 17.4. The molecule has 3 aromatic rings. The van der Waals surface area contributed by atoms with Crippen LogP contribution in [-0.2, 0) is 22.1 Å². The lowest BCUT2D eigenvalue weighted by Crippen LogP contribution is -2.21. The number of rotatable bonds is 4. The van der Waals surface area contributed by atoms with E-state index >= 15 is 0 Å². The molecule has 4 rings (SSSR count). The fourth-order valence-electron chi connectivity index (χ4n) is 3.93. The summed E-state index contributed by atoms with van der Waals surface area (Å²) in [7, 11) is 1.01. The number of aromatic nitrogens is 2. The molecule has 0 bridgehead atoms. The van der Waals surface area contributed by atoms with Gasteiger partial charge in [-0.25, -0.2) is 9.48 Å². The van der Waals surface area contributed by atoms with Crippen molar-refractivity contribution in [2.45, 2.75) is 32.0 Å². The summed E-state index contributed by atoms with van der Waals surface area (Å²) in [5, 5.41) is 15.0. The van der Waals surface area contributed by atoms with E-state index in [1.165, 1.54) is 10.7 Å². The molecule has 32 heavy (non-hydrogen) atoms. The Morgan fingerprint density at radius 2 is 2.03 bits per heavy atom. The van der Waals surface area contributed by atoms with Crippen LogP contribution in [0, 0.1) is 6.92 Å². The molecule has 2 aromatic carbocycles. The van der Waals surface area contributed by atoms with Gasteiger partial charge in [-0.2, -0.15) is 18.3 Å². The third-order valence-electron chi connectivity index (χ3n) is 5.39. The SMILES string of the molecule is COC(=O)C(O)c1c(C(F)(F)F)ccc(-n2ccc(C)n2)c1-c1ccc2c(c1)CCCO2. The van der Waals surface area contributed by atoms with Gasteiger partial charge in [0.1, 0.15) is 5.75 Å². The first-order valence-electron chi connectivity index (χ1n) is 9.99. The standard InChI is InChI=1S/C23H21F3N2O4/c1-13-9-10-28(27-13)17-7-6-16(23(24,25)26)20(21(29)22(30)31-2)19(17)15-5-8-18-14(12-15)4-3-11-32-18/h5-10,12,21,29H,3-4,11H2,1-2H3. The molecule has 0 spiro atoms. The second kappa shape index (κ2) is 8.31. The average Bonchev–Trinajstić information content (AvgIpc) is 3.22. The number of alkyl halides is 3. The molecule has 1 atom stereocenters. The van der Waals surface area contributed by atoms with Gasteiger partial charge < -0.3 is 14.6 Å². The smallest absolute Gasteiger partial charge is 0.416 e. The van der Waals surface area contributed by atoms with Crippen LogP contribution >= 0.6 is 0 Å². The Kier molecular flexibility index (Phi) is 5.68. The lowest BCUT2D eigenvalue weighted by Gasteiger charge is -2.24. The van der Waals surface area contributed by atoms with Gasteiger partial charge in [0.15, 0.2) is 6.10 Å². The molecule has 0 fully saturated rings. The molecule has 9 heteroatoms. The Morgan fingerprint density at radius 1 is 1.25 bits per heavy atom. The summed E-state index contributed by atoms with van der Waals surface area (Å²) < 4.78 is 53.5. The number of methoxy groups -OCH3 is 1. The van der Waals surface area contributed by atoms with Crippen molar-refractivity contribution in [3.63, 3.8) is 0 Å². The Morgan fingerprint density at radius 3 is 2.69 bits per heavy atom. The first-order valence-corrected chi connectivity index (χ1v) is 9.99. The van der Waals surface area contributed by atoms with Crippen LogP contribution in [0.2, 0.25) is 0 Å². The highest BCUT2D eigenvalue weighted by Crippen LogP contribution is 2.44. The van der Waals surface area contributed by atoms with Gasteiger partial charge in [0.2, 0.25) is 0 Å². The highest BCUT2D eigenvalue weighted by Gasteiger charge is 2.39. The molecular formula is C23H21F3N2O4. The van der Waals surface area contributed by atoms with Crippen LogP contribution < -0.4 is 4.74 Å². The van der Waals surface area contributed by atoms with Crippen molar-refractivity contribution in [3.8, 4) is 22.6 Å². The minimum atomic E-state index is -4.81. The van der Waals surface area contributed by atoms with Crippen LogP contribution in [-0.4, -0.2) is 34.6 Å². The molecular weight excluding hydrogens is 425 g/mol. The molecule has 0 radical (unpaired) electrons. The van der Waals surface area contributed by atoms with Gasteiger partial charge in [-0.05, 0) is 61.2 Å². The van der Waals surface area contributed by atoms with Crippen LogP contribution in [0.1, 0.15) is 34.9 Å². The predicted molar refractivity (Wildman–Crippen MR) is 110 cm³/mol. The van der Waals surface area contributed by atoms with Gasteiger partial charge in [0.05, 0.1) is 30.7 Å². The number of aliphatic hydroxyl groups is 1. The van der Waals surface area contributed by atoms with Gasteiger partial charge in [0, 0.05) is 17.3 Å². The van der Waals surface area contributed by atoms with Crippen LogP contribution in [0.25, 0.3) is 16.8 Å². The largest absolute Gasteiger partial charge is 0.493 e. The highest BCUT2D eigenvalue weighted by molar-refractivity contribution is 5.86. The van der Waals surface area contributed by atoms with E-state index in [2.05, 4.69) is 9.84 Å². The van der Waals surface area contributed by atoms with E-state index in [0.29, 0.717) is 35.7 Å². The monoisotopic (exact) mass is 446 g/mol. The first-order chi connectivity index (χ1) is 15.2. The van der Waals surface area contributed by atoms with Crippen molar-refractivity contribution in [1.82, 2.24) is 9.78 Å². The van der Waals surface area contributed by atoms with E-state index in [9.17, 15) is 23.1 Å². The molecule has 1 N–H and O–H groups in total. The topological polar surface area (TPSA) is 73.6 Å². The maximum absolute atomic E-state index is 14.0. The Balaban J connectivity index is 2.06. The number of aryl methyl sites for hydroxylation is 2. The van der Waals surface area contributed by atoms with Gasteiger partial charge >= 0.3 is 12.1 Å². The number of benzene rings is 2. The van der Waals surface area contributed by atoms with Gasteiger partial charge in [-0.3, -0.25) is 0 Å². The summed E-state index contributed by atoms with van der Waals surface area (Å²) in [5.74, 6) is -0.523. The molecule has 0 saturated carbocycles. The minimum absolute atomic E-state index is 0.0502. The van der Waals surface area contributed by atoms with E-state index in [1.54, 1.807) is 37.4 Å². The number of nitrogens with zero attached hydrogens (tertiary/aromatic N) is 2. The average molecular weight is 446 g/mol. The van der Waals surface area contributed by atoms with Crippen LogP contribution in [0.5, 0.6) is 5.75 Å². The number of halogens is 3. The quantitative estimate of drug-likeness (QED) is 0.602. The highest BCUT2D eigenvalue weighted by atomic mass is 19.4. The van der Waals surface area contributed by atoms with Crippen LogP contribution in [0.4, 0.5) is 13.2 Å². The predicted octanol–water partition coefficient (Wildman–Crippen LogP) is 4.40. The molecule has 0 aliphatic carbocycles. The van der Waals surface area contributed by atoms with Crippen molar-refractivity contribution >= 4 is 5.97 Å². The molecule has 1 aliphatic rings. The number of hydrogen-bond acceptors (Lipinski definition) is 5. The van der Waals surface area contributed by atoms with Crippen molar-refractivity contribution in [2.24, 2.45) is 0 Å². The Labute approximate surface area is 182 Å². The summed E-state index contributed by atoms with van der Waals surface area (Å²) >= 11 is 0. The number of aliphatic hydroxyl groups excluding tert-OH is 1. The molecule has 168 valence electrons. The van der Waals surface area contributed by atoms with Crippen LogP contribution in [0.3, 0.4) is 0 Å². The first kappa shape index (κ1) is 21.9. The summed E-state index contributed by atoms with van der Waals surface area (Å²) in [6, 6.07) is 8.88. The number of hydrogen-bond donors (Lipinski definition) is 1. The third-order valence-corrected chi connectivity index (χ3v) is 5.39. The van der Waals surface area contributed by atoms with Crippen molar-refractivity contribution in [2.75, 3.05) is 13.7 Å². The molecule has 0 saturated heterocycles. The van der Waals surface area contributed by atoms with E-state index < -0.39 is 29.4 Å². The Bertz CT molecular complexity index is 1170. The zero-order chi connectivity index (χ0) is 23.0. The number of esters is 1. The number of carbonyl (C=O) groups excluding carboxylic acids is 1. The number of fused-ring (bicyclic) bond motifs is 1. The van der Waals surface area contributed by atoms with Crippen molar-refractivity contribution < 1.29 is 32.5 Å². The third kappa shape index (κ3) is 3.95. The fourth-order valence-corrected chi connectivity index (χ4v) is 3.93. The van der Waals surface area contributed by atoms with E-state index in [-0.39, 0.29) is 5.56 Å². The lowest BCUT2D eigenvalue weighted by molar-refractivity contribution is -0.152. The summed E-state index contributed by atoms with van der Waals surface area (Å²) in [6.45, 7) is 2.32. The van der Waals surface area contributed by atoms with Gasteiger partial charge in [-0.1, -0.05) is 6.07 Å². The molecule has 1 aliphatic heterocycles. The normalized spacial score (nSPS) is 14.4. The fraction of sp³-hybridized carbons (Fsp3) is 0.304. The molecule has 0 amide bonds. The molecule has 6 nitrogen and oxygen atoms in total. The second-order valence-electron chi connectivity index (χ2n) is 7.52. The summed E-state index contributed by atoms with van der Waals surface area (Å²) in [4.78, 5) is 12.2. The van der Waals surface area contributed by atoms with E-state index in [4.69, 9.17) is 4.74 Å². The lowest BCUT2D eigenvalue weighted by atomic mass is 9.88. The summed E-state index contributed by atoms with van der Waals surface area (Å²) in [5.41, 5.74) is 0.548. The number of ether oxygens (including phenoxy) is 2. The maximum Gasteiger partial charge on any atom is 0.416 e. The molecule has 1 unspecified atom stereocenters. The Hall–Kier alpha value is -3.33. The molecule has 2 heterocycles.